The molecular formula is C46H62. The van der Waals surface area contributed by atoms with Crippen molar-refractivity contribution in [1.29, 1.82) is 0 Å². The highest BCUT2D eigenvalue weighted by molar-refractivity contribution is 6.04. The average Bonchev–Trinajstić information content (AvgIpc) is 3.03. The minimum Gasteiger partial charge on any atom is -0.0776 e. The fraction of sp³-hybridized carbons (Fsp3) is 0.435. The molecule has 1 aliphatic carbocycles. The van der Waals surface area contributed by atoms with E-state index in [4.69, 9.17) is 0 Å². The molecular weight excluding hydrogens is 553 g/mol. The molecule has 5 aromatic carbocycles. The first-order valence-corrected chi connectivity index (χ1v) is 16.6. The van der Waals surface area contributed by atoms with Crippen LogP contribution in [0.2, 0.25) is 0 Å². The van der Waals surface area contributed by atoms with Gasteiger partial charge in [0.1, 0.15) is 0 Å². The molecule has 0 atom stereocenters. The van der Waals surface area contributed by atoms with Crippen molar-refractivity contribution in [3.63, 3.8) is 0 Å². The van der Waals surface area contributed by atoms with Crippen molar-refractivity contribution in [2.75, 3.05) is 0 Å². The number of hydrogen-bond acceptors (Lipinski definition) is 0. The number of rotatable bonds is 0. The van der Waals surface area contributed by atoms with Crippen molar-refractivity contribution in [1.82, 2.24) is 0 Å². The maximum absolute atomic E-state index is 2.42. The van der Waals surface area contributed by atoms with Gasteiger partial charge >= 0.3 is 0 Å². The van der Waals surface area contributed by atoms with Crippen LogP contribution in [0.25, 0.3) is 21.5 Å². The van der Waals surface area contributed by atoms with E-state index in [-0.39, 0.29) is 14.9 Å². The molecule has 6 rings (SSSR count). The highest BCUT2D eigenvalue weighted by atomic mass is 14.3. The second-order valence-corrected chi connectivity index (χ2v) is 14.2. The highest BCUT2D eigenvalue weighted by Gasteiger charge is 2.25. The fourth-order valence-electron chi connectivity index (χ4n) is 8.02. The van der Waals surface area contributed by atoms with Crippen LogP contribution in [-0.4, -0.2) is 0 Å². The number of fused-ring (bicyclic) bond motifs is 4. The molecule has 0 fully saturated rings. The Balaban J connectivity index is 0.000000240. The Morgan fingerprint density at radius 3 is 0.565 bits per heavy atom. The highest BCUT2D eigenvalue weighted by Crippen LogP contribution is 2.40. The van der Waals surface area contributed by atoms with Gasteiger partial charge in [0.15, 0.2) is 0 Å². The van der Waals surface area contributed by atoms with E-state index in [1.54, 1.807) is 22.3 Å². The van der Waals surface area contributed by atoms with E-state index < -0.39 is 0 Å². The van der Waals surface area contributed by atoms with Gasteiger partial charge in [0.2, 0.25) is 0 Å². The first-order chi connectivity index (χ1) is 20.5. The number of aryl methyl sites for hydroxylation is 4. The molecule has 0 aromatic heterocycles. The molecule has 5 aromatic rings. The molecule has 0 spiro atoms. The molecule has 0 amide bonds. The summed E-state index contributed by atoms with van der Waals surface area (Å²) in [7, 11) is 0. The van der Waals surface area contributed by atoms with Gasteiger partial charge in [0.25, 0.3) is 0 Å². The molecule has 0 heteroatoms. The zero-order chi connectivity index (χ0) is 32.7. The van der Waals surface area contributed by atoms with Crippen LogP contribution in [0.4, 0.5) is 0 Å². The zero-order valence-corrected chi connectivity index (χ0v) is 30.6. The first kappa shape index (κ1) is 37.1. The number of hydrogen-bond donors (Lipinski definition) is 0. The lowest BCUT2D eigenvalue weighted by Gasteiger charge is -2.30. The predicted octanol–water partition coefficient (Wildman–Crippen LogP) is 13.4. The molecule has 0 nitrogen and oxygen atoms in total. The molecule has 0 saturated carbocycles. The van der Waals surface area contributed by atoms with Crippen LogP contribution in [0.1, 0.15) is 126 Å². The summed E-state index contributed by atoms with van der Waals surface area (Å²) in [5.74, 6) is 0. The van der Waals surface area contributed by atoms with E-state index in [0.717, 1.165) is 12.8 Å². The SMILES string of the molecule is C.C.Cc1c(C)c(C)c2c(c1C)Cc1c(C)c(C)c(C)c(C)c1C2.Cc1c(C)c(C)c2cc3c(C)c(C)c(C)c(C)c3cc2c1C. The lowest BCUT2D eigenvalue weighted by molar-refractivity contribution is 0.922. The predicted molar refractivity (Wildman–Crippen MR) is 209 cm³/mol. The Hall–Kier alpha value is -3.38. The van der Waals surface area contributed by atoms with Gasteiger partial charge in [0, 0.05) is 0 Å². The third kappa shape index (κ3) is 5.40. The van der Waals surface area contributed by atoms with Crippen molar-refractivity contribution >= 4 is 21.5 Å². The smallest absolute Gasteiger partial charge is 0.00144 e. The lowest BCUT2D eigenvalue weighted by atomic mass is 9.74. The van der Waals surface area contributed by atoms with Crippen molar-refractivity contribution in [3.8, 4) is 0 Å². The minimum absolute atomic E-state index is 0. The molecule has 0 saturated heterocycles. The summed E-state index contributed by atoms with van der Waals surface area (Å²) in [6.07, 6.45) is 2.23. The van der Waals surface area contributed by atoms with Crippen LogP contribution in [0, 0.1) is 111 Å². The van der Waals surface area contributed by atoms with Crippen LogP contribution < -0.4 is 0 Å². The summed E-state index contributed by atoms with van der Waals surface area (Å²) in [4.78, 5) is 0. The number of benzene rings is 5. The normalized spacial score (nSPS) is 11.8. The van der Waals surface area contributed by atoms with E-state index in [1.807, 2.05) is 0 Å². The van der Waals surface area contributed by atoms with Gasteiger partial charge in [-0.1, -0.05) is 14.9 Å². The Morgan fingerprint density at radius 1 is 0.239 bits per heavy atom. The Kier molecular flexibility index (Phi) is 10.5. The van der Waals surface area contributed by atoms with Crippen molar-refractivity contribution in [2.24, 2.45) is 0 Å². The third-order valence-corrected chi connectivity index (χ3v) is 12.8. The van der Waals surface area contributed by atoms with Crippen LogP contribution >= 0.6 is 0 Å². The second-order valence-electron chi connectivity index (χ2n) is 14.2. The third-order valence-electron chi connectivity index (χ3n) is 12.8. The van der Waals surface area contributed by atoms with E-state index >= 15 is 0 Å². The summed E-state index contributed by atoms with van der Waals surface area (Å²) in [6, 6.07) is 4.85. The van der Waals surface area contributed by atoms with E-state index in [1.165, 1.54) is 111 Å². The fourth-order valence-corrected chi connectivity index (χ4v) is 8.02. The van der Waals surface area contributed by atoms with Gasteiger partial charge < -0.3 is 0 Å². The molecule has 1 aliphatic rings. The zero-order valence-electron chi connectivity index (χ0n) is 30.6. The van der Waals surface area contributed by atoms with Crippen LogP contribution in [0.3, 0.4) is 0 Å². The van der Waals surface area contributed by atoms with Crippen LogP contribution in [0.5, 0.6) is 0 Å². The molecule has 0 bridgehead atoms. The average molecular weight is 615 g/mol. The molecule has 0 aliphatic heterocycles. The van der Waals surface area contributed by atoms with Gasteiger partial charge in [-0.3, -0.25) is 0 Å². The van der Waals surface area contributed by atoms with Crippen molar-refractivity contribution < 1.29 is 0 Å². The largest absolute Gasteiger partial charge is 0.0776 e. The van der Waals surface area contributed by atoms with Crippen LogP contribution in [0.15, 0.2) is 12.1 Å². The monoisotopic (exact) mass is 614 g/mol. The van der Waals surface area contributed by atoms with Gasteiger partial charge in [-0.05, 0) is 269 Å². The topological polar surface area (TPSA) is 0 Å². The Morgan fingerprint density at radius 2 is 0.391 bits per heavy atom. The maximum atomic E-state index is 2.42. The maximum Gasteiger partial charge on any atom is -0.00144 e. The second kappa shape index (κ2) is 13.0. The molecule has 0 heterocycles. The van der Waals surface area contributed by atoms with Gasteiger partial charge in [0.05, 0.1) is 0 Å². The summed E-state index contributed by atoms with van der Waals surface area (Å²) in [5.41, 5.74) is 29.8. The lowest BCUT2D eigenvalue weighted by Crippen LogP contribution is -2.17. The molecule has 0 unspecified atom stereocenters. The van der Waals surface area contributed by atoms with E-state index in [0.29, 0.717) is 0 Å². The molecule has 0 radical (unpaired) electrons. The summed E-state index contributed by atoms with van der Waals surface area (Å²) < 4.78 is 0. The molecule has 46 heavy (non-hydrogen) atoms. The van der Waals surface area contributed by atoms with Crippen molar-refractivity contribution in [3.05, 3.63) is 123 Å². The van der Waals surface area contributed by atoms with Gasteiger partial charge in [-0.2, -0.15) is 0 Å². The summed E-state index contributed by atoms with van der Waals surface area (Å²) >= 11 is 0. The standard InChI is InChI=1S/C22H28.C22H26.2CH4/c2*1-11-12(2)16(6)20-10-22-18(8)14(4)13(3)17(7)21(22)9-19(20)15(11)5;;/h9-10H2,1-8H3;9-10H,1-8H3;2*1H4. The van der Waals surface area contributed by atoms with Gasteiger partial charge in [-0.15, -0.1) is 0 Å². The minimum atomic E-state index is 0. The Bertz CT molecular complexity index is 1750. The molecule has 246 valence electrons. The van der Waals surface area contributed by atoms with Gasteiger partial charge in [-0.25, -0.2) is 0 Å². The van der Waals surface area contributed by atoms with Crippen LogP contribution in [-0.2, 0) is 12.8 Å². The van der Waals surface area contributed by atoms with E-state index in [9.17, 15) is 0 Å². The quantitative estimate of drug-likeness (QED) is 0.149. The first-order valence-electron chi connectivity index (χ1n) is 16.6. The Labute approximate surface area is 282 Å². The van der Waals surface area contributed by atoms with E-state index in [2.05, 4.69) is 123 Å². The molecule has 0 N–H and O–H groups in total. The summed E-state index contributed by atoms with van der Waals surface area (Å²) in [6.45, 7) is 36.4. The van der Waals surface area contributed by atoms with Crippen molar-refractivity contribution in [2.45, 2.75) is 138 Å². The summed E-state index contributed by atoms with van der Waals surface area (Å²) in [5, 5.41) is 5.66.